The SMILES string of the molecule is CCN(CC)CCCNc1ccc(C(F)(F)F)cc1Br. The Kier molecular flexibility index (Phi) is 6.82. The molecule has 0 spiro atoms. The van der Waals surface area contributed by atoms with E-state index in [1.165, 1.54) is 6.07 Å². The van der Waals surface area contributed by atoms with Crippen molar-refractivity contribution in [2.24, 2.45) is 0 Å². The highest BCUT2D eigenvalue weighted by atomic mass is 79.9. The lowest BCUT2D eigenvalue weighted by atomic mass is 10.2. The van der Waals surface area contributed by atoms with Crippen molar-refractivity contribution in [2.45, 2.75) is 26.4 Å². The zero-order valence-electron chi connectivity index (χ0n) is 11.7. The summed E-state index contributed by atoms with van der Waals surface area (Å²) in [6.45, 7) is 7.98. The number of halogens is 4. The Labute approximate surface area is 126 Å². The van der Waals surface area contributed by atoms with E-state index < -0.39 is 11.7 Å². The molecule has 0 aliphatic carbocycles. The van der Waals surface area contributed by atoms with Crippen molar-refractivity contribution in [2.75, 3.05) is 31.5 Å². The molecule has 0 unspecified atom stereocenters. The molecule has 1 rings (SSSR count). The Hall–Kier alpha value is -0.750. The fourth-order valence-electron chi connectivity index (χ4n) is 1.90. The molecule has 0 saturated heterocycles. The lowest BCUT2D eigenvalue weighted by Crippen LogP contribution is -2.25. The number of nitrogens with zero attached hydrogens (tertiary/aromatic N) is 1. The van der Waals surface area contributed by atoms with E-state index in [1.807, 2.05) is 0 Å². The van der Waals surface area contributed by atoms with Gasteiger partial charge in [0.15, 0.2) is 0 Å². The molecule has 0 saturated carbocycles. The van der Waals surface area contributed by atoms with Crippen molar-refractivity contribution in [1.29, 1.82) is 0 Å². The molecule has 0 radical (unpaired) electrons. The van der Waals surface area contributed by atoms with Crippen LogP contribution < -0.4 is 5.32 Å². The van der Waals surface area contributed by atoms with Crippen molar-refractivity contribution >= 4 is 21.6 Å². The predicted octanol–water partition coefficient (Wildman–Crippen LogP) is 4.61. The molecular weight excluding hydrogens is 333 g/mol. The predicted molar refractivity (Wildman–Crippen MR) is 80.0 cm³/mol. The van der Waals surface area contributed by atoms with Crippen LogP contribution in [0.15, 0.2) is 22.7 Å². The van der Waals surface area contributed by atoms with Crippen molar-refractivity contribution < 1.29 is 13.2 Å². The van der Waals surface area contributed by atoms with Crippen LogP contribution >= 0.6 is 15.9 Å². The van der Waals surface area contributed by atoms with Crippen LogP contribution in [0.5, 0.6) is 0 Å². The summed E-state index contributed by atoms with van der Waals surface area (Å²) < 4.78 is 38.0. The second kappa shape index (κ2) is 7.88. The second-order valence-corrected chi connectivity index (χ2v) is 5.35. The van der Waals surface area contributed by atoms with Crippen LogP contribution in [0.1, 0.15) is 25.8 Å². The molecule has 0 amide bonds. The summed E-state index contributed by atoms with van der Waals surface area (Å²) in [5.74, 6) is 0. The summed E-state index contributed by atoms with van der Waals surface area (Å²) in [5.41, 5.74) is 0.0515. The zero-order valence-corrected chi connectivity index (χ0v) is 13.3. The topological polar surface area (TPSA) is 15.3 Å². The molecule has 6 heteroatoms. The van der Waals surface area contributed by atoms with E-state index in [-0.39, 0.29) is 0 Å². The van der Waals surface area contributed by atoms with Gasteiger partial charge in [0.25, 0.3) is 0 Å². The normalized spacial score (nSPS) is 11.9. The van der Waals surface area contributed by atoms with Crippen LogP contribution in [0.4, 0.5) is 18.9 Å². The number of alkyl halides is 3. The van der Waals surface area contributed by atoms with Crippen LogP contribution in [-0.2, 0) is 6.18 Å². The maximum atomic E-state index is 12.5. The highest BCUT2D eigenvalue weighted by Crippen LogP contribution is 2.33. The van der Waals surface area contributed by atoms with E-state index in [1.54, 1.807) is 0 Å². The van der Waals surface area contributed by atoms with Crippen molar-refractivity contribution in [3.63, 3.8) is 0 Å². The van der Waals surface area contributed by atoms with E-state index in [0.717, 1.165) is 44.7 Å². The second-order valence-electron chi connectivity index (χ2n) is 4.50. The van der Waals surface area contributed by atoms with Crippen LogP contribution in [0, 0.1) is 0 Å². The minimum Gasteiger partial charge on any atom is -0.384 e. The third-order valence-corrected chi connectivity index (χ3v) is 3.81. The van der Waals surface area contributed by atoms with Crippen LogP contribution in [0.25, 0.3) is 0 Å². The summed E-state index contributed by atoms with van der Waals surface area (Å²) in [5, 5.41) is 3.15. The zero-order chi connectivity index (χ0) is 15.2. The van der Waals surface area contributed by atoms with Gasteiger partial charge < -0.3 is 10.2 Å². The van der Waals surface area contributed by atoms with E-state index in [0.29, 0.717) is 10.2 Å². The molecule has 0 fully saturated rings. The minimum absolute atomic E-state index is 0.440. The molecule has 1 aromatic carbocycles. The van der Waals surface area contributed by atoms with Gasteiger partial charge in [0.2, 0.25) is 0 Å². The Bertz CT molecular complexity index is 417. The van der Waals surface area contributed by atoms with Gasteiger partial charge >= 0.3 is 6.18 Å². The first kappa shape index (κ1) is 17.3. The van der Waals surface area contributed by atoms with E-state index in [2.05, 4.69) is 40.0 Å². The number of hydrogen-bond acceptors (Lipinski definition) is 2. The van der Waals surface area contributed by atoms with Gasteiger partial charge in [-0.2, -0.15) is 13.2 Å². The first-order valence-electron chi connectivity index (χ1n) is 6.71. The van der Waals surface area contributed by atoms with Crippen molar-refractivity contribution in [1.82, 2.24) is 4.90 Å². The molecule has 0 bridgehead atoms. The van der Waals surface area contributed by atoms with Crippen LogP contribution in [-0.4, -0.2) is 31.1 Å². The van der Waals surface area contributed by atoms with Gasteiger partial charge in [0.1, 0.15) is 0 Å². The third-order valence-electron chi connectivity index (χ3n) is 3.16. The molecule has 0 atom stereocenters. The first-order chi connectivity index (χ1) is 9.38. The summed E-state index contributed by atoms with van der Waals surface area (Å²) >= 11 is 3.18. The molecule has 20 heavy (non-hydrogen) atoms. The Morgan fingerprint density at radius 3 is 2.35 bits per heavy atom. The average Bonchev–Trinajstić information content (AvgIpc) is 2.39. The van der Waals surface area contributed by atoms with Gasteiger partial charge in [-0.15, -0.1) is 0 Å². The standard InChI is InChI=1S/C14H20BrF3N2/c1-3-20(4-2)9-5-8-19-13-7-6-11(10-12(13)15)14(16,17)18/h6-7,10,19H,3-5,8-9H2,1-2H3. The van der Waals surface area contributed by atoms with Gasteiger partial charge in [-0.3, -0.25) is 0 Å². The number of nitrogens with one attached hydrogen (secondary N) is 1. The van der Waals surface area contributed by atoms with E-state index in [9.17, 15) is 13.2 Å². The number of benzene rings is 1. The summed E-state index contributed by atoms with van der Waals surface area (Å²) in [6.07, 6.45) is -3.35. The third kappa shape index (κ3) is 5.32. The highest BCUT2D eigenvalue weighted by molar-refractivity contribution is 9.10. The van der Waals surface area contributed by atoms with E-state index in [4.69, 9.17) is 0 Å². The monoisotopic (exact) mass is 352 g/mol. The van der Waals surface area contributed by atoms with Crippen LogP contribution in [0.2, 0.25) is 0 Å². The molecular formula is C14H20BrF3N2. The minimum atomic E-state index is -4.30. The van der Waals surface area contributed by atoms with Crippen LogP contribution in [0.3, 0.4) is 0 Å². The van der Waals surface area contributed by atoms with Crippen molar-refractivity contribution in [3.8, 4) is 0 Å². The molecule has 1 N–H and O–H groups in total. The Morgan fingerprint density at radius 1 is 1.20 bits per heavy atom. The lowest BCUT2D eigenvalue weighted by Gasteiger charge is -2.18. The Morgan fingerprint density at radius 2 is 1.85 bits per heavy atom. The maximum absolute atomic E-state index is 12.5. The first-order valence-corrected chi connectivity index (χ1v) is 7.50. The Balaban J connectivity index is 2.49. The highest BCUT2D eigenvalue weighted by Gasteiger charge is 2.30. The lowest BCUT2D eigenvalue weighted by molar-refractivity contribution is -0.137. The molecule has 2 nitrogen and oxygen atoms in total. The summed E-state index contributed by atoms with van der Waals surface area (Å²) in [7, 11) is 0. The van der Waals surface area contributed by atoms with Gasteiger partial charge in [-0.1, -0.05) is 13.8 Å². The van der Waals surface area contributed by atoms with Gasteiger partial charge in [-0.05, 0) is 60.2 Å². The quantitative estimate of drug-likeness (QED) is 0.720. The fraction of sp³-hybridized carbons (Fsp3) is 0.571. The molecule has 114 valence electrons. The summed E-state index contributed by atoms with van der Waals surface area (Å²) in [4.78, 5) is 2.31. The average molecular weight is 353 g/mol. The molecule has 0 aromatic heterocycles. The number of rotatable bonds is 7. The van der Waals surface area contributed by atoms with Gasteiger partial charge in [0, 0.05) is 16.7 Å². The maximum Gasteiger partial charge on any atom is 0.416 e. The molecule has 0 heterocycles. The van der Waals surface area contributed by atoms with Crippen molar-refractivity contribution in [3.05, 3.63) is 28.2 Å². The number of anilines is 1. The molecule has 1 aromatic rings. The smallest absolute Gasteiger partial charge is 0.384 e. The van der Waals surface area contributed by atoms with E-state index >= 15 is 0 Å². The molecule has 0 aliphatic rings. The van der Waals surface area contributed by atoms with Gasteiger partial charge in [0.05, 0.1) is 5.56 Å². The summed E-state index contributed by atoms with van der Waals surface area (Å²) in [6, 6.07) is 3.66. The fourth-order valence-corrected chi connectivity index (χ4v) is 2.42. The van der Waals surface area contributed by atoms with Gasteiger partial charge in [-0.25, -0.2) is 0 Å². The largest absolute Gasteiger partial charge is 0.416 e. The number of hydrogen-bond donors (Lipinski definition) is 1. The molecule has 0 aliphatic heterocycles.